The molecule has 0 aromatic heterocycles. The first-order valence-electron chi connectivity index (χ1n) is 6.48. The van der Waals surface area contributed by atoms with Crippen molar-refractivity contribution in [3.63, 3.8) is 0 Å². The zero-order chi connectivity index (χ0) is 16.6. The van der Waals surface area contributed by atoms with E-state index in [1.165, 1.54) is 24.3 Å². The average molecular weight is 334 g/mol. The van der Waals surface area contributed by atoms with Gasteiger partial charge in [-0.15, -0.1) is 0 Å². The summed E-state index contributed by atoms with van der Waals surface area (Å²) in [6.07, 6.45) is 0. The highest BCUT2D eigenvalue weighted by atomic mass is 35.5. The number of fused-ring (bicyclic) bond motifs is 1. The second kappa shape index (κ2) is 5.69. The number of carbonyl (C=O) groups excluding carboxylic acids is 3. The number of urea groups is 1. The van der Waals surface area contributed by atoms with Gasteiger partial charge < -0.3 is 5.32 Å². The highest BCUT2D eigenvalue weighted by Gasteiger charge is 2.36. The Morgan fingerprint density at radius 1 is 1.04 bits per heavy atom. The molecule has 1 aliphatic rings. The van der Waals surface area contributed by atoms with E-state index in [1.807, 2.05) is 0 Å². The maximum Gasteiger partial charge on any atom is 0.338 e. The van der Waals surface area contributed by atoms with Crippen LogP contribution in [0.25, 0.3) is 0 Å². The standard InChI is InChI=1S/C15H9ClFN3O3/c16-11-7-8(5-6-12(11)17)18-15(23)19-20-13(21)9-3-1-2-4-10(9)14(20)22/h1-7H,(H2,18,19,23). The maximum atomic E-state index is 13.1. The van der Waals surface area contributed by atoms with E-state index in [4.69, 9.17) is 11.6 Å². The van der Waals surface area contributed by atoms with E-state index in [0.717, 1.165) is 6.07 Å². The molecule has 8 heteroatoms. The minimum absolute atomic E-state index is 0.163. The summed E-state index contributed by atoms with van der Waals surface area (Å²) in [5.41, 5.74) is 2.79. The molecule has 2 N–H and O–H groups in total. The molecule has 23 heavy (non-hydrogen) atoms. The molecule has 0 saturated carbocycles. The number of hydrogen-bond donors (Lipinski definition) is 2. The number of carbonyl (C=O) groups is 3. The van der Waals surface area contributed by atoms with Gasteiger partial charge in [-0.25, -0.2) is 14.6 Å². The molecule has 1 aliphatic heterocycles. The smallest absolute Gasteiger partial charge is 0.307 e. The van der Waals surface area contributed by atoms with Gasteiger partial charge in [0.1, 0.15) is 5.82 Å². The molecule has 0 atom stereocenters. The lowest BCUT2D eigenvalue weighted by atomic mass is 10.1. The summed E-state index contributed by atoms with van der Waals surface area (Å²) in [7, 11) is 0. The average Bonchev–Trinajstić information content (AvgIpc) is 2.76. The molecule has 0 unspecified atom stereocenters. The summed E-state index contributed by atoms with van der Waals surface area (Å²) in [5, 5.41) is 2.81. The van der Waals surface area contributed by atoms with Gasteiger partial charge in [0.05, 0.1) is 16.1 Å². The number of halogens is 2. The van der Waals surface area contributed by atoms with Crippen molar-refractivity contribution in [1.29, 1.82) is 0 Å². The zero-order valence-electron chi connectivity index (χ0n) is 11.5. The van der Waals surface area contributed by atoms with Crippen LogP contribution in [0.3, 0.4) is 0 Å². The number of hydrogen-bond acceptors (Lipinski definition) is 3. The number of nitrogens with one attached hydrogen (secondary N) is 2. The van der Waals surface area contributed by atoms with Crippen molar-refractivity contribution in [3.05, 3.63) is 64.4 Å². The van der Waals surface area contributed by atoms with E-state index >= 15 is 0 Å². The predicted molar refractivity (Wildman–Crippen MR) is 80.5 cm³/mol. The van der Waals surface area contributed by atoms with Crippen LogP contribution in [-0.2, 0) is 0 Å². The summed E-state index contributed by atoms with van der Waals surface area (Å²) < 4.78 is 13.1. The van der Waals surface area contributed by atoms with Gasteiger partial charge in [-0.05, 0) is 30.3 Å². The van der Waals surface area contributed by atoms with Crippen molar-refractivity contribution in [2.24, 2.45) is 0 Å². The highest BCUT2D eigenvalue weighted by molar-refractivity contribution is 6.31. The lowest BCUT2D eigenvalue weighted by Gasteiger charge is -2.15. The number of nitrogens with zero attached hydrogens (tertiary/aromatic N) is 1. The number of rotatable bonds is 2. The third-order valence-electron chi connectivity index (χ3n) is 3.18. The first kappa shape index (κ1) is 15.0. The van der Waals surface area contributed by atoms with Crippen LogP contribution < -0.4 is 10.7 Å². The molecule has 3 rings (SSSR count). The molecule has 2 aromatic rings. The normalized spacial score (nSPS) is 13.0. The Bertz CT molecular complexity index is 805. The van der Waals surface area contributed by atoms with Crippen molar-refractivity contribution in [2.75, 3.05) is 5.32 Å². The summed E-state index contributed by atoms with van der Waals surface area (Å²) >= 11 is 5.61. The number of imide groups is 1. The number of amides is 4. The molecule has 1 heterocycles. The molecular weight excluding hydrogens is 325 g/mol. The lowest BCUT2D eigenvalue weighted by Crippen LogP contribution is -2.47. The summed E-state index contributed by atoms with van der Waals surface area (Å²) in [5.74, 6) is -1.88. The minimum Gasteiger partial charge on any atom is -0.307 e. The van der Waals surface area contributed by atoms with Crippen LogP contribution in [0.2, 0.25) is 5.02 Å². The van der Waals surface area contributed by atoms with Gasteiger partial charge in [-0.2, -0.15) is 5.01 Å². The Morgan fingerprint density at radius 3 is 2.22 bits per heavy atom. The molecule has 0 fully saturated rings. The van der Waals surface area contributed by atoms with E-state index in [0.29, 0.717) is 5.01 Å². The van der Waals surface area contributed by atoms with Crippen LogP contribution in [0.4, 0.5) is 14.9 Å². The Balaban J connectivity index is 1.73. The Kier molecular flexibility index (Phi) is 3.71. The Morgan fingerprint density at radius 2 is 1.65 bits per heavy atom. The zero-order valence-corrected chi connectivity index (χ0v) is 12.2. The molecular formula is C15H9ClFN3O3. The number of benzene rings is 2. The van der Waals surface area contributed by atoms with Crippen LogP contribution in [-0.4, -0.2) is 22.9 Å². The second-order valence-electron chi connectivity index (χ2n) is 4.69. The van der Waals surface area contributed by atoms with Crippen molar-refractivity contribution >= 4 is 35.1 Å². The van der Waals surface area contributed by atoms with Crippen LogP contribution in [0.5, 0.6) is 0 Å². The fourth-order valence-electron chi connectivity index (χ4n) is 2.13. The first-order valence-corrected chi connectivity index (χ1v) is 6.85. The third kappa shape index (κ3) is 2.74. The van der Waals surface area contributed by atoms with E-state index < -0.39 is 23.7 Å². The van der Waals surface area contributed by atoms with Crippen LogP contribution in [0.15, 0.2) is 42.5 Å². The van der Waals surface area contributed by atoms with E-state index in [1.54, 1.807) is 12.1 Å². The monoisotopic (exact) mass is 333 g/mol. The molecule has 0 bridgehead atoms. The van der Waals surface area contributed by atoms with E-state index in [2.05, 4.69) is 10.7 Å². The number of hydrazine groups is 1. The Labute approximate surface area is 134 Å². The van der Waals surface area contributed by atoms with Gasteiger partial charge in [0.25, 0.3) is 11.8 Å². The third-order valence-corrected chi connectivity index (χ3v) is 3.47. The largest absolute Gasteiger partial charge is 0.338 e. The predicted octanol–water partition coefficient (Wildman–Crippen LogP) is 2.81. The van der Waals surface area contributed by atoms with Crippen molar-refractivity contribution in [1.82, 2.24) is 10.4 Å². The SMILES string of the molecule is O=C(Nc1ccc(F)c(Cl)c1)NN1C(=O)c2ccccc2C1=O. The van der Waals surface area contributed by atoms with Gasteiger partial charge in [0, 0.05) is 5.69 Å². The van der Waals surface area contributed by atoms with Gasteiger partial charge in [-0.3, -0.25) is 9.59 Å². The molecule has 0 spiro atoms. The quantitative estimate of drug-likeness (QED) is 0.829. The molecule has 0 saturated heterocycles. The van der Waals surface area contributed by atoms with Crippen molar-refractivity contribution in [2.45, 2.75) is 0 Å². The van der Waals surface area contributed by atoms with Gasteiger partial charge >= 0.3 is 6.03 Å². The minimum atomic E-state index is -0.831. The summed E-state index contributed by atoms with van der Waals surface area (Å²) in [4.78, 5) is 36.1. The van der Waals surface area contributed by atoms with Crippen LogP contribution in [0.1, 0.15) is 20.7 Å². The molecule has 4 amide bonds. The topological polar surface area (TPSA) is 78.5 Å². The fraction of sp³-hybridized carbons (Fsp3) is 0. The van der Waals surface area contributed by atoms with Gasteiger partial charge in [0.2, 0.25) is 0 Å². The number of anilines is 1. The fourth-order valence-corrected chi connectivity index (χ4v) is 2.31. The van der Waals surface area contributed by atoms with Crippen LogP contribution in [0, 0.1) is 5.82 Å². The molecule has 2 aromatic carbocycles. The molecule has 0 aliphatic carbocycles. The Hall–Kier alpha value is -2.93. The summed E-state index contributed by atoms with van der Waals surface area (Å²) in [6, 6.07) is 8.98. The van der Waals surface area contributed by atoms with Gasteiger partial charge in [0.15, 0.2) is 0 Å². The summed E-state index contributed by atoms with van der Waals surface area (Å²) in [6.45, 7) is 0. The van der Waals surface area contributed by atoms with Gasteiger partial charge in [-0.1, -0.05) is 23.7 Å². The van der Waals surface area contributed by atoms with E-state index in [-0.39, 0.29) is 21.8 Å². The van der Waals surface area contributed by atoms with Crippen LogP contribution >= 0.6 is 11.6 Å². The highest BCUT2D eigenvalue weighted by Crippen LogP contribution is 2.21. The lowest BCUT2D eigenvalue weighted by molar-refractivity contribution is 0.0592. The van der Waals surface area contributed by atoms with Crippen molar-refractivity contribution < 1.29 is 18.8 Å². The molecule has 116 valence electrons. The molecule has 0 radical (unpaired) electrons. The van der Waals surface area contributed by atoms with Crippen molar-refractivity contribution in [3.8, 4) is 0 Å². The second-order valence-corrected chi connectivity index (χ2v) is 5.09. The first-order chi connectivity index (χ1) is 11.0. The maximum absolute atomic E-state index is 13.1. The van der Waals surface area contributed by atoms with E-state index in [9.17, 15) is 18.8 Å². The molecule has 6 nitrogen and oxygen atoms in total.